The third-order valence-corrected chi connectivity index (χ3v) is 2.72. The fraction of sp³-hybridized carbons (Fsp3) is 0. The van der Waals surface area contributed by atoms with Crippen LogP contribution in [0.25, 0.3) is 0 Å². The van der Waals surface area contributed by atoms with Gasteiger partial charge in [-0.05, 0) is 24.3 Å². The van der Waals surface area contributed by atoms with E-state index in [2.05, 4.69) is 26.2 Å². The van der Waals surface area contributed by atoms with Crippen LogP contribution in [0.1, 0.15) is 10.5 Å². The molecule has 0 aliphatic carbocycles. The second-order valence-electron chi connectivity index (χ2n) is 3.61. The van der Waals surface area contributed by atoms with Crippen LogP contribution in [-0.4, -0.2) is 16.1 Å². The third-order valence-electron chi connectivity index (χ3n) is 2.26. The smallest absolute Gasteiger partial charge is 0.354 e. The number of hydrogen-bond acceptors (Lipinski definition) is 3. The van der Waals surface area contributed by atoms with Crippen molar-refractivity contribution in [2.75, 3.05) is 5.32 Å². The van der Waals surface area contributed by atoms with Crippen molar-refractivity contribution >= 4 is 33.3 Å². The summed E-state index contributed by atoms with van der Waals surface area (Å²) in [5.74, 6) is -2.71. The van der Waals surface area contributed by atoms with Gasteiger partial charge in [0.05, 0.1) is 11.9 Å². The molecule has 98 valence electrons. The predicted molar refractivity (Wildman–Crippen MR) is 68.5 cm³/mol. The summed E-state index contributed by atoms with van der Waals surface area (Å²) < 4.78 is 27.4. The molecule has 0 atom stereocenters. The molecule has 2 rings (SSSR count). The number of benzene rings is 1. The molecule has 0 bridgehead atoms. The van der Waals surface area contributed by atoms with Crippen LogP contribution in [0.4, 0.5) is 20.2 Å². The minimum Gasteiger partial charge on any atom is -0.477 e. The van der Waals surface area contributed by atoms with Gasteiger partial charge in [-0.1, -0.05) is 15.9 Å². The number of aromatic carboxylic acids is 1. The van der Waals surface area contributed by atoms with Crippen molar-refractivity contribution < 1.29 is 18.7 Å². The van der Waals surface area contributed by atoms with Crippen molar-refractivity contribution in [3.8, 4) is 0 Å². The summed E-state index contributed by atoms with van der Waals surface area (Å²) in [6, 6.07) is 4.84. The van der Waals surface area contributed by atoms with Crippen molar-refractivity contribution in [1.82, 2.24) is 4.98 Å². The maximum absolute atomic E-state index is 13.6. The number of pyridine rings is 1. The first-order valence-corrected chi connectivity index (χ1v) is 5.87. The Hall–Kier alpha value is -2.02. The second kappa shape index (κ2) is 5.31. The SMILES string of the molecule is O=C(O)c1ccc(Nc2c(F)cc(Br)cc2F)cn1. The average Bonchev–Trinajstić information content (AvgIpc) is 2.34. The molecule has 2 aromatic rings. The first-order valence-electron chi connectivity index (χ1n) is 5.08. The van der Waals surface area contributed by atoms with E-state index in [0.29, 0.717) is 0 Å². The van der Waals surface area contributed by atoms with Crippen LogP contribution in [-0.2, 0) is 0 Å². The lowest BCUT2D eigenvalue weighted by atomic mass is 10.2. The Balaban J connectivity index is 2.29. The van der Waals surface area contributed by atoms with Gasteiger partial charge in [-0.3, -0.25) is 0 Å². The molecule has 1 aromatic carbocycles. The summed E-state index contributed by atoms with van der Waals surface area (Å²) in [6.07, 6.45) is 1.18. The molecular weight excluding hydrogens is 322 g/mol. The molecule has 0 saturated carbocycles. The van der Waals surface area contributed by atoms with Gasteiger partial charge >= 0.3 is 5.97 Å². The Morgan fingerprint density at radius 1 is 1.26 bits per heavy atom. The summed E-state index contributed by atoms with van der Waals surface area (Å²) in [7, 11) is 0. The lowest BCUT2D eigenvalue weighted by Crippen LogP contribution is -2.02. The maximum atomic E-state index is 13.6. The topological polar surface area (TPSA) is 62.2 Å². The van der Waals surface area contributed by atoms with Crippen LogP contribution in [0.2, 0.25) is 0 Å². The first kappa shape index (κ1) is 13.4. The molecule has 0 aliphatic rings. The van der Waals surface area contributed by atoms with Gasteiger partial charge in [-0.2, -0.15) is 0 Å². The first-order chi connectivity index (χ1) is 8.97. The van der Waals surface area contributed by atoms with E-state index >= 15 is 0 Å². The van der Waals surface area contributed by atoms with E-state index < -0.39 is 17.6 Å². The van der Waals surface area contributed by atoms with E-state index in [1.807, 2.05) is 0 Å². The minimum atomic E-state index is -1.17. The Kier molecular flexibility index (Phi) is 3.75. The number of rotatable bonds is 3. The lowest BCUT2D eigenvalue weighted by Gasteiger charge is -2.09. The standard InChI is InChI=1S/C12H7BrF2N2O2/c13-6-3-8(14)11(9(15)4-6)17-7-1-2-10(12(18)19)16-5-7/h1-5,17H,(H,18,19). The zero-order chi connectivity index (χ0) is 14.0. The van der Waals surface area contributed by atoms with Crippen molar-refractivity contribution in [3.63, 3.8) is 0 Å². The second-order valence-corrected chi connectivity index (χ2v) is 4.52. The predicted octanol–water partition coefficient (Wildman–Crippen LogP) is 3.56. The van der Waals surface area contributed by atoms with E-state index in [1.165, 1.54) is 18.3 Å². The van der Waals surface area contributed by atoms with E-state index in [-0.39, 0.29) is 21.5 Å². The lowest BCUT2D eigenvalue weighted by molar-refractivity contribution is 0.0690. The largest absolute Gasteiger partial charge is 0.477 e. The summed E-state index contributed by atoms with van der Waals surface area (Å²) >= 11 is 2.97. The van der Waals surface area contributed by atoms with Crippen molar-refractivity contribution in [2.24, 2.45) is 0 Å². The molecular formula is C12H7BrF2N2O2. The Labute approximate surface area is 115 Å². The van der Waals surface area contributed by atoms with Crippen molar-refractivity contribution in [2.45, 2.75) is 0 Å². The highest BCUT2D eigenvalue weighted by Crippen LogP contribution is 2.26. The van der Waals surface area contributed by atoms with Crippen LogP contribution in [0.5, 0.6) is 0 Å². The van der Waals surface area contributed by atoms with Gasteiger partial charge in [0.1, 0.15) is 11.4 Å². The van der Waals surface area contributed by atoms with Gasteiger partial charge in [0.15, 0.2) is 11.6 Å². The Morgan fingerprint density at radius 2 is 1.89 bits per heavy atom. The number of aromatic nitrogens is 1. The molecule has 2 N–H and O–H groups in total. The van der Waals surface area contributed by atoms with E-state index in [0.717, 1.165) is 12.1 Å². The molecule has 4 nitrogen and oxygen atoms in total. The summed E-state index contributed by atoms with van der Waals surface area (Å²) in [5.41, 5.74) is -0.194. The monoisotopic (exact) mass is 328 g/mol. The van der Waals surface area contributed by atoms with Gasteiger partial charge in [0, 0.05) is 4.47 Å². The van der Waals surface area contributed by atoms with E-state index in [1.54, 1.807) is 0 Å². The van der Waals surface area contributed by atoms with Gasteiger partial charge < -0.3 is 10.4 Å². The molecule has 0 spiro atoms. The molecule has 0 radical (unpaired) electrons. The van der Waals surface area contributed by atoms with Crippen molar-refractivity contribution in [1.29, 1.82) is 0 Å². The molecule has 1 heterocycles. The number of carboxylic acids is 1. The Morgan fingerprint density at radius 3 is 2.37 bits per heavy atom. The highest BCUT2D eigenvalue weighted by Gasteiger charge is 2.11. The van der Waals surface area contributed by atoms with Crippen LogP contribution in [0, 0.1) is 11.6 Å². The van der Waals surface area contributed by atoms with Crippen LogP contribution < -0.4 is 5.32 Å². The maximum Gasteiger partial charge on any atom is 0.354 e. The van der Waals surface area contributed by atoms with Crippen LogP contribution in [0.15, 0.2) is 34.9 Å². The molecule has 0 amide bonds. The summed E-state index contributed by atoms with van der Waals surface area (Å²) in [4.78, 5) is 14.2. The number of nitrogens with one attached hydrogen (secondary N) is 1. The zero-order valence-corrected chi connectivity index (χ0v) is 10.9. The third kappa shape index (κ3) is 3.05. The molecule has 0 aliphatic heterocycles. The minimum absolute atomic E-state index is 0.151. The highest BCUT2D eigenvalue weighted by molar-refractivity contribution is 9.10. The fourth-order valence-corrected chi connectivity index (χ4v) is 1.80. The Bertz CT molecular complexity index is 609. The molecule has 0 saturated heterocycles. The van der Waals surface area contributed by atoms with Gasteiger partial charge in [-0.15, -0.1) is 0 Å². The number of anilines is 2. The highest BCUT2D eigenvalue weighted by atomic mass is 79.9. The van der Waals surface area contributed by atoms with Gasteiger partial charge in [0.2, 0.25) is 0 Å². The molecule has 0 fully saturated rings. The number of nitrogens with zero attached hydrogens (tertiary/aromatic N) is 1. The van der Waals surface area contributed by atoms with E-state index in [4.69, 9.17) is 5.11 Å². The van der Waals surface area contributed by atoms with Gasteiger partial charge in [-0.25, -0.2) is 18.6 Å². The molecule has 0 unspecified atom stereocenters. The molecule has 7 heteroatoms. The number of hydrogen-bond donors (Lipinski definition) is 2. The summed E-state index contributed by atoms with van der Waals surface area (Å²) in [6.45, 7) is 0. The summed E-state index contributed by atoms with van der Waals surface area (Å²) in [5, 5.41) is 11.2. The van der Waals surface area contributed by atoms with Crippen molar-refractivity contribution in [3.05, 3.63) is 52.3 Å². The molecule has 1 aromatic heterocycles. The van der Waals surface area contributed by atoms with Crippen LogP contribution >= 0.6 is 15.9 Å². The van der Waals surface area contributed by atoms with Crippen LogP contribution in [0.3, 0.4) is 0 Å². The quantitative estimate of drug-likeness (QED) is 0.904. The zero-order valence-electron chi connectivity index (χ0n) is 9.32. The fourth-order valence-electron chi connectivity index (χ4n) is 1.40. The average molecular weight is 329 g/mol. The van der Waals surface area contributed by atoms with Gasteiger partial charge in [0.25, 0.3) is 0 Å². The normalized spacial score (nSPS) is 10.3. The molecule has 19 heavy (non-hydrogen) atoms. The number of halogens is 3. The number of carboxylic acid groups (broad SMARTS) is 1. The number of carbonyl (C=O) groups is 1. The van der Waals surface area contributed by atoms with E-state index in [9.17, 15) is 13.6 Å².